The number of aromatic hydroxyl groups is 5. The van der Waals surface area contributed by atoms with E-state index >= 15 is 0 Å². The zero-order chi connectivity index (χ0) is 60.1. The highest BCUT2D eigenvalue weighted by molar-refractivity contribution is 5.90. The summed E-state index contributed by atoms with van der Waals surface area (Å²) in [5.41, 5.74) is -2.18. The lowest BCUT2D eigenvalue weighted by atomic mass is 9.99. The number of aliphatic hydroxyl groups is 10. The van der Waals surface area contributed by atoms with Crippen LogP contribution < -0.4 is 9.47 Å². The van der Waals surface area contributed by atoms with E-state index in [1.807, 2.05) is 0 Å². The van der Waals surface area contributed by atoms with Crippen molar-refractivity contribution >= 4 is 36.0 Å². The highest BCUT2D eigenvalue weighted by Crippen LogP contribution is 2.33. The molecule has 442 valence electrons. The number of hydrogen-bond acceptors (Lipinski definition) is 27. The minimum Gasteiger partial charge on any atom is -0.504 e. The molecule has 12 atom stereocenters. The van der Waals surface area contributed by atoms with Crippen molar-refractivity contribution in [2.24, 2.45) is 0 Å². The first-order valence-electron chi connectivity index (χ1n) is 24.5. The zero-order valence-electron chi connectivity index (χ0n) is 43.7. The Morgan fingerprint density at radius 1 is 0.506 bits per heavy atom. The van der Waals surface area contributed by atoms with E-state index in [0.717, 1.165) is 18.2 Å². The maximum atomic E-state index is 12.7. The van der Waals surface area contributed by atoms with Crippen LogP contribution in [0.2, 0.25) is 0 Å². The molecule has 81 heavy (non-hydrogen) atoms. The zero-order valence-corrected chi connectivity index (χ0v) is 43.7. The van der Waals surface area contributed by atoms with E-state index in [1.54, 1.807) is 0 Å². The van der Waals surface area contributed by atoms with Crippen LogP contribution in [-0.2, 0) is 60.8 Å². The number of hydrogen-bond donors (Lipinski definition) is 15. The van der Waals surface area contributed by atoms with E-state index < -0.39 is 140 Å². The molecule has 0 bridgehead atoms. The second-order valence-corrected chi connectivity index (χ2v) is 19.4. The van der Waals surface area contributed by atoms with E-state index in [2.05, 4.69) is 0 Å². The fraction of sp³-hybridized carbons (Fsp3) is 0.407. The van der Waals surface area contributed by atoms with Crippen LogP contribution in [0.15, 0.2) is 91.0 Å². The Balaban J connectivity index is 0.000000297. The maximum absolute atomic E-state index is 12.7. The number of carbonyl (C=O) groups excluding carboxylic acids is 4. The highest BCUT2D eigenvalue weighted by atomic mass is 16.7. The summed E-state index contributed by atoms with van der Waals surface area (Å²) >= 11 is 0. The monoisotopic (exact) mass is 1140 g/mol. The number of phenolic OH excluding ortho intramolecular Hbond substituents is 5. The topological polar surface area (TPSA) is 446 Å². The molecule has 0 radical (unpaired) electrons. The SMILES string of the molecule is CC(C)(O)C(OC(=O)/C=C/c1ccc(O)c(O)c1)C(=O)OCc1ccc(O[C@@H]2O[C@H](CO)[C@@H](O)[C@H](O)[C@H]2O)c(O)c1.CC(C)(O)C(OC(=O)/C=C/c1ccc(O)c(O)c1)C(=O)OCc1ccc(O[C@@H]2O[C@H](CO)[C@@H](O)[C@H](O)[C@H]2O)cc1. The third-order valence-electron chi connectivity index (χ3n) is 11.9. The van der Waals surface area contributed by atoms with Crippen LogP contribution in [0.3, 0.4) is 0 Å². The van der Waals surface area contributed by atoms with Crippen molar-refractivity contribution in [1.29, 1.82) is 0 Å². The summed E-state index contributed by atoms with van der Waals surface area (Å²) in [5, 5.41) is 147. The molecular formula is C54H64O27. The Morgan fingerprint density at radius 2 is 0.914 bits per heavy atom. The quantitative estimate of drug-likeness (QED) is 0.0221. The molecule has 2 fully saturated rings. The number of benzene rings is 4. The van der Waals surface area contributed by atoms with Gasteiger partial charge in [-0.05, 0) is 111 Å². The van der Waals surface area contributed by atoms with Crippen LogP contribution in [0.5, 0.6) is 40.2 Å². The van der Waals surface area contributed by atoms with Crippen LogP contribution >= 0.6 is 0 Å². The molecule has 0 aromatic heterocycles. The van der Waals surface area contributed by atoms with E-state index in [9.17, 15) is 95.8 Å². The number of aliphatic hydroxyl groups excluding tert-OH is 8. The Hall–Kier alpha value is -7.64. The number of carbonyl (C=O) groups is 4. The van der Waals surface area contributed by atoms with Gasteiger partial charge in [-0.15, -0.1) is 0 Å². The molecule has 0 saturated carbocycles. The van der Waals surface area contributed by atoms with E-state index in [0.29, 0.717) is 16.7 Å². The number of phenols is 5. The summed E-state index contributed by atoms with van der Waals surface area (Å²) in [7, 11) is 0. The fourth-order valence-electron chi connectivity index (χ4n) is 7.35. The lowest BCUT2D eigenvalue weighted by molar-refractivity contribution is -0.277. The summed E-state index contributed by atoms with van der Waals surface area (Å²) in [6.07, 6.45) is -13.8. The van der Waals surface area contributed by atoms with Crippen LogP contribution in [0.25, 0.3) is 12.2 Å². The fourth-order valence-corrected chi connectivity index (χ4v) is 7.35. The predicted octanol–water partition coefficient (Wildman–Crippen LogP) is -0.863. The van der Waals surface area contributed by atoms with Gasteiger partial charge < -0.3 is 114 Å². The van der Waals surface area contributed by atoms with Gasteiger partial charge in [-0.2, -0.15) is 0 Å². The van der Waals surface area contributed by atoms with Gasteiger partial charge in [0.1, 0.15) is 79.0 Å². The lowest BCUT2D eigenvalue weighted by Crippen LogP contribution is -2.60. The molecule has 2 heterocycles. The minimum atomic E-state index is -1.84. The summed E-state index contributed by atoms with van der Waals surface area (Å²) in [6, 6.07) is 17.4. The maximum Gasteiger partial charge on any atom is 0.350 e. The van der Waals surface area contributed by atoms with Crippen LogP contribution in [0.4, 0.5) is 0 Å². The molecule has 2 aliphatic rings. The Kier molecular flexibility index (Phi) is 22.3. The van der Waals surface area contributed by atoms with Gasteiger partial charge in [0.05, 0.1) is 13.2 Å². The average Bonchev–Trinajstić information content (AvgIpc) is 3.41. The summed E-state index contributed by atoms with van der Waals surface area (Å²) in [5.74, 6) is -6.01. The summed E-state index contributed by atoms with van der Waals surface area (Å²) < 4.78 is 42.0. The van der Waals surface area contributed by atoms with Crippen LogP contribution in [0.1, 0.15) is 49.9 Å². The molecule has 2 saturated heterocycles. The van der Waals surface area contributed by atoms with Crippen LogP contribution in [-0.4, -0.2) is 199 Å². The van der Waals surface area contributed by atoms with Crippen molar-refractivity contribution < 1.29 is 134 Å². The van der Waals surface area contributed by atoms with Gasteiger partial charge in [0.15, 0.2) is 34.5 Å². The number of ether oxygens (including phenoxy) is 8. The largest absolute Gasteiger partial charge is 0.504 e. The first kappa shape index (κ1) is 64.2. The Morgan fingerprint density at radius 3 is 1.31 bits per heavy atom. The molecule has 6 rings (SSSR count). The van der Waals surface area contributed by atoms with Gasteiger partial charge in [0.2, 0.25) is 24.8 Å². The van der Waals surface area contributed by atoms with E-state index in [-0.39, 0.29) is 40.9 Å². The van der Waals surface area contributed by atoms with Crippen molar-refractivity contribution in [2.75, 3.05) is 13.2 Å². The smallest absolute Gasteiger partial charge is 0.350 e. The molecule has 4 aromatic carbocycles. The van der Waals surface area contributed by atoms with Crippen molar-refractivity contribution in [1.82, 2.24) is 0 Å². The van der Waals surface area contributed by atoms with Crippen molar-refractivity contribution in [2.45, 2.75) is 126 Å². The molecule has 0 amide bonds. The molecule has 15 N–H and O–H groups in total. The normalized spacial score (nSPS) is 23.8. The van der Waals surface area contributed by atoms with Crippen molar-refractivity contribution in [3.05, 3.63) is 113 Å². The Bertz CT molecular complexity index is 2820. The standard InChI is InChI=1S/C27H32O14.C27H32O13/c1-27(2,37)24(41-20(32)8-5-13-3-6-15(29)16(30)9-13)25(36)38-12-14-4-7-18(17(31)10-14)39-26-23(35)22(34)21(33)19(11-28)40-26;1-27(2,36)24(40-20(31)10-6-14-5-9-17(29)18(30)11-14)25(35)37-13-15-3-7-16(8-4-15)38-26-23(34)22(33)21(32)19(12-28)39-26/h3-10,19,21-24,26,28-31,33-35,37H,11-12H2,1-2H3;3-11,19,21-24,26,28-30,32-34,36H,12-13H2,1-2H3/b8-5+;10-6+/t2*19-,21-,22+,23-,24?,26-/m11/s1. The molecule has 4 aromatic rings. The van der Waals surface area contributed by atoms with Gasteiger partial charge in [-0.3, -0.25) is 0 Å². The average molecular weight is 1150 g/mol. The molecule has 2 aliphatic heterocycles. The summed E-state index contributed by atoms with van der Waals surface area (Å²) in [6.45, 7) is 3.04. The second-order valence-electron chi connectivity index (χ2n) is 19.4. The first-order valence-corrected chi connectivity index (χ1v) is 24.5. The van der Waals surface area contributed by atoms with Crippen LogP contribution in [0, 0.1) is 0 Å². The molecule has 0 aliphatic carbocycles. The third kappa shape index (κ3) is 17.9. The highest BCUT2D eigenvalue weighted by Gasteiger charge is 2.46. The van der Waals surface area contributed by atoms with Crippen molar-refractivity contribution in [3.8, 4) is 40.2 Å². The predicted molar refractivity (Wildman–Crippen MR) is 273 cm³/mol. The van der Waals surface area contributed by atoms with Gasteiger partial charge in [-0.1, -0.05) is 30.3 Å². The first-order chi connectivity index (χ1) is 38.0. The number of rotatable bonds is 20. The molecule has 27 nitrogen and oxygen atoms in total. The molecule has 27 heteroatoms. The van der Waals surface area contributed by atoms with Crippen molar-refractivity contribution in [3.63, 3.8) is 0 Å². The number of esters is 4. The van der Waals surface area contributed by atoms with E-state index in [4.69, 9.17) is 37.9 Å². The molecule has 2 unspecified atom stereocenters. The van der Waals surface area contributed by atoms with Gasteiger partial charge in [0, 0.05) is 12.2 Å². The summed E-state index contributed by atoms with van der Waals surface area (Å²) in [4.78, 5) is 49.9. The molecular weight excluding hydrogens is 1080 g/mol. The molecule has 0 spiro atoms. The second kappa shape index (κ2) is 28.2. The van der Waals surface area contributed by atoms with E-state index in [1.165, 1.54) is 113 Å². The van der Waals surface area contributed by atoms with Gasteiger partial charge in [0.25, 0.3) is 0 Å². The lowest BCUT2D eigenvalue weighted by Gasteiger charge is -2.39. The van der Waals surface area contributed by atoms with Gasteiger partial charge in [-0.25, -0.2) is 19.2 Å². The minimum absolute atomic E-state index is 0.193. The van der Waals surface area contributed by atoms with Gasteiger partial charge >= 0.3 is 23.9 Å². The Labute approximate surface area is 461 Å². The third-order valence-corrected chi connectivity index (χ3v) is 11.9.